The molecule has 0 saturated heterocycles. The van der Waals surface area contributed by atoms with Crippen LogP contribution >= 0.6 is 0 Å². The first-order valence-corrected chi connectivity index (χ1v) is 7.33. The van der Waals surface area contributed by atoms with Crippen molar-refractivity contribution in [1.82, 2.24) is 5.32 Å². The van der Waals surface area contributed by atoms with Gasteiger partial charge < -0.3 is 11.1 Å². The third-order valence-electron chi connectivity index (χ3n) is 3.20. The molecular formula is C16H26N2O. The number of amides is 1. The lowest BCUT2D eigenvalue weighted by Crippen LogP contribution is -2.26. The fourth-order valence-electron chi connectivity index (χ4n) is 2.02. The normalized spacial score (nSPS) is 10.4. The Morgan fingerprint density at radius 3 is 2.37 bits per heavy atom. The van der Waals surface area contributed by atoms with Crippen molar-refractivity contribution in [3.05, 3.63) is 29.8 Å². The van der Waals surface area contributed by atoms with E-state index in [0.29, 0.717) is 6.42 Å². The maximum absolute atomic E-state index is 11.7. The van der Waals surface area contributed by atoms with Crippen LogP contribution in [0.3, 0.4) is 0 Å². The van der Waals surface area contributed by atoms with E-state index in [-0.39, 0.29) is 5.91 Å². The van der Waals surface area contributed by atoms with E-state index in [0.717, 1.165) is 24.2 Å². The Kier molecular flexibility index (Phi) is 7.71. The summed E-state index contributed by atoms with van der Waals surface area (Å²) in [5, 5.41) is 2.97. The Bertz CT molecular complexity index is 360. The first kappa shape index (κ1) is 15.5. The predicted molar refractivity (Wildman–Crippen MR) is 80.9 cm³/mol. The molecule has 19 heavy (non-hydrogen) atoms. The number of nitrogen functional groups attached to an aromatic ring is 1. The number of rotatable bonds is 9. The zero-order chi connectivity index (χ0) is 13.9. The van der Waals surface area contributed by atoms with Gasteiger partial charge in [0, 0.05) is 12.2 Å². The average Bonchev–Trinajstić information content (AvgIpc) is 2.40. The molecule has 3 heteroatoms. The van der Waals surface area contributed by atoms with Gasteiger partial charge in [0.05, 0.1) is 6.42 Å². The van der Waals surface area contributed by atoms with E-state index in [1.54, 1.807) is 0 Å². The second-order valence-corrected chi connectivity index (χ2v) is 5.04. The van der Waals surface area contributed by atoms with Gasteiger partial charge in [0.2, 0.25) is 5.91 Å². The summed E-state index contributed by atoms with van der Waals surface area (Å²) in [6.07, 6.45) is 7.93. The Balaban J connectivity index is 2.06. The molecule has 0 fully saturated rings. The van der Waals surface area contributed by atoms with Crippen molar-refractivity contribution in [2.75, 3.05) is 12.3 Å². The summed E-state index contributed by atoms with van der Waals surface area (Å²) in [6, 6.07) is 7.46. The molecule has 0 bridgehead atoms. The maximum atomic E-state index is 11.7. The van der Waals surface area contributed by atoms with Gasteiger partial charge in [0.25, 0.3) is 0 Å². The third kappa shape index (κ3) is 7.50. The summed E-state index contributed by atoms with van der Waals surface area (Å²) in [7, 11) is 0. The molecule has 3 nitrogen and oxygen atoms in total. The van der Waals surface area contributed by atoms with Crippen LogP contribution < -0.4 is 11.1 Å². The van der Waals surface area contributed by atoms with Crippen LogP contribution in [-0.4, -0.2) is 12.5 Å². The Morgan fingerprint density at radius 2 is 1.68 bits per heavy atom. The first-order chi connectivity index (χ1) is 9.22. The highest BCUT2D eigenvalue weighted by atomic mass is 16.1. The number of carbonyl (C=O) groups is 1. The van der Waals surface area contributed by atoms with Crippen LogP contribution in [0.5, 0.6) is 0 Å². The quantitative estimate of drug-likeness (QED) is 0.530. The fourth-order valence-corrected chi connectivity index (χ4v) is 2.02. The molecule has 0 aliphatic carbocycles. The average molecular weight is 262 g/mol. The van der Waals surface area contributed by atoms with Crippen LogP contribution in [0.4, 0.5) is 5.69 Å². The van der Waals surface area contributed by atoms with Crippen molar-refractivity contribution in [2.24, 2.45) is 0 Å². The first-order valence-electron chi connectivity index (χ1n) is 7.33. The van der Waals surface area contributed by atoms with E-state index >= 15 is 0 Å². The molecule has 0 aromatic heterocycles. The van der Waals surface area contributed by atoms with E-state index in [1.807, 2.05) is 24.3 Å². The van der Waals surface area contributed by atoms with Crippen LogP contribution in [0.2, 0.25) is 0 Å². The number of nitrogens with one attached hydrogen (secondary N) is 1. The zero-order valence-electron chi connectivity index (χ0n) is 12.0. The van der Waals surface area contributed by atoms with Crippen LogP contribution in [-0.2, 0) is 11.2 Å². The van der Waals surface area contributed by atoms with Crippen LogP contribution in [0, 0.1) is 0 Å². The van der Waals surface area contributed by atoms with Gasteiger partial charge >= 0.3 is 0 Å². The second kappa shape index (κ2) is 9.42. The van der Waals surface area contributed by atoms with Gasteiger partial charge in [-0.05, 0) is 24.1 Å². The smallest absolute Gasteiger partial charge is 0.224 e. The molecule has 0 atom stereocenters. The molecule has 1 rings (SSSR count). The lowest BCUT2D eigenvalue weighted by atomic mass is 10.1. The molecule has 1 amide bonds. The van der Waals surface area contributed by atoms with Crippen molar-refractivity contribution >= 4 is 11.6 Å². The minimum Gasteiger partial charge on any atom is -0.399 e. The minimum absolute atomic E-state index is 0.0957. The minimum atomic E-state index is 0.0957. The maximum Gasteiger partial charge on any atom is 0.224 e. The van der Waals surface area contributed by atoms with Crippen molar-refractivity contribution in [1.29, 1.82) is 0 Å². The molecule has 0 heterocycles. The zero-order valence-corrected chi connectivity index (χ0v) is 12.0. The fraction of sp³-hybridized carbons (Fsp3) is 0.562. The van der Waals surface area contributed by atoms with Gasteiger partial charge in [0.15, 0.2) is 0 Å². The molecular weight excluding hydrogens is 236 g/mol. The van der Waals surface area contributed by atoms with Gasteiger partial charge in [0.1, 0.15) is 0 Å². The molecule has 106 valence electrons. The monoisotopic (exact) mass is 262 g/mol. The van der Waals surface area contributed by atoms with Crippen molar-refractivity contribution in [3.63, 3.8) is 0 Å². The SMILES string of the molecule is CCCCCCCCNC(=O)Cc1ccc(N)cc1. The van der Waals surface area contributed by atoms with Gasteiger partial charge in [-0.15, -0.1) is 0 Å². The van der Waals surface area contributed by atoms with Gasteiger partial charge in [-0.2, -0.15) is 0 Å². The van der Waals surface area contributed by atoms with E-state index in [1.165, 1.54) is 32.1 Å². The molecule has 1 aromatic carbocycles. The van der Waals surface area contributed by atoms with Crippen molar-refractivity contribution in [2.45, 2.75) is 51.9 Å². The number of hydrogen-bond donors (Lipinski definition) is 2. The van der Waals surface area contributed by atoms with E-state index in [2.05, 4.69) is 12.2 Å². The number of carbonyl (C=O) groups excluding carboxylic acids is 1. The highest BCUT2D eigenvalue weighted by molar-refractivity contribution is 5.78. The molecule has 0 spiro atoms. The summed E-state index contributed by atoms with van der Waals surface area (Å²) in [5.41, 5.74) is 7.35. The molecule has 0 unspecified atom stereocenters. The van der Waals surface area contributed by atoms with E-state index in [4.69, 9.17) is 5.73 Å². The predicted octanol–water partition coefficient (Wildman–Crippen LogP) is 3.29. The van der Waals surface area contributed by atoms with Crippen LogP contribution in [0.25, 0.3) is 0 Å². The summed E-state index contributed by atoms with van der Waals surface area (Å²) < 4.78 is 0. The number of nitrogens with two attached hydrogens (primary N) is 1. The number of hydrogen-bond acceptors (Lipinski definition) is 2. The Labute approximate surface area is 116 Å². The molecule has 0 saturated carbocycles. The summed E-state index contributed by atoms with van der Waals surface area (Å²) in [4.78, 5) is 11.7. The number of unbranched alkanes of at least 4 members (excludes halogenated alkanes) is 5. The van der Waals surface area contributed by atoms with Crippen molar-refractivity contribution in [3.8, 4) is 0 Å². The van der Waals surface area contributed by atoms with Gasteiger partial charge in [-0.1, -0.05) is 51.2 Å². The van der Waals surface area contributed by atoms with Crippen molar-refractivity contribution < 1.29 is 4.79 Å². The molecule has 0 radical (unpaired) electrons. The summed E-state index contributed by atoms with van der Waals surface area (Å²) in [6.45, 7) is 3.01. The molecule has 0 aliphatic rings. The number of anilines is 1. The number of benzene rings is 1. The van der Waals surface area contributed by atoms with E-state index < -0.39 is 0 Å². The van der Waals surface area contributed by atoms with E-state index in [9.17, 15) is 4.79 Å². The third-order valence-corrected chi connectivity index (χ3v) is 3.20. The van der Waals surface area contributed by atoms with Gasteiger partial charge in [-0.25, -0.2) is 0 Å². The lowest BCUT2D eigenvalue weighted by molar-refractivity contribution is -0.120. The molecule has 1 aromatic rings. The van der Waals surface area contributed by atoms with Gasteiger partial charge in [-0.3, -0.25) is 4.79 Å². The topological polar surface area (TPSA) is 55.1 Å². The largest absolute Gasteiger partial charge is 0.399 e. The van der Waals surface area contributed by atoms with Crippen LogP contribution in [0.1, 0.15) is 51.0 Å². The lowest BCUT2D eigenvalue weighted by Gasteiger charge is -2.05. The Morgan fingerprint density at radius 1 is 1.05 bits per heavy atom. The van der Waals surface area contributed by atoms with Crippen LogP contribution in [0.15, 0.2) is 24.3 Å². The summed E-state index contributed by atoms with van der Waals surface area (Å²) >= 11 is 0. The molecule has 3 N–H and O–H groups in total. The highest BCUT2D eigenvalue weighted by Gasteiger charge is 2.02. The summed E-state index contributed by atoms with van der Waals surface area (Å²) in [5.74, 6) is 0.0957. The standard InChI is InChI=1S/C16H26N2O/c1-2-3-4-5-6-7-12-18-16(19)13-14-8-10-15(17)11-9-14/h8-11H,2-7,12-13,17H2,1H3,(H,18,19). The highest BCUT2D eigenvalue weighted by Crippen LogP contribution is 2.06. The Hall–Kier alpha value is -1.51. The molecule has 0 aliphatic heterocycles. The second-order valence-electron chi connectivity index (χ2n) is 5.04.